The summed E-state index contributed by atoms with van der Waals surface area (Å²) >= 11 is 0. The number of aromatic nitrogens is 3. The van der Waals surface area contributed by atoms with Crippen LogP contribution in [-0.4, -0.2) is 38.7 Å². The number of rotatable bonds is 3. The first-order valence-electron chi connectivity index (χ1n) is 8.49. The summed E-state index contributed by atoms with van der Waals surface area (Å²) in [6, 6.07) is 5.88. The van der Waals surface area contributed by atoms with Crippen LogP contribution in [0.1, 0.15) is 55.3 Å². The Morgan fingerprint density at radius 2 is 1.91 bits per heavy atom. The fourth-order valence-electron chi connectivity index (χ4n) is 3.24. The smallest absolute Gasteiger partial charge is 0.255 e. The van der Waals surface area contributed by atoms with Gasteiger partial charge in [0.25, 0.3) is 5.91 Å². The minimum atomic E-state index is 0.0649. The van der Waals surface area contributed by atoms with Gasteiger partial charge < -0.3 is 4.90 Å². The van der Waals surface area contributed by atoms with Crippen molar-refractivity contribution in [2.75, 3.05) is 7.05 Å². The van der Waals surface area contributed by atoms with Crippen molar-refractivity contribution in [3.8, 4) is 5.82 Å². The van der Waals surface area contributed by atoms with E-state index in [-0.39, 0.29) is 5.91 Å². The first-order valence-corrected chi connectivity index (χ1v) is 8.49. The van der Waals surface area contributed by atoms with E-state index >= 15 is 0 Å². The van der Waals surface area contributed by atoms with Crippen molar-refractivity contribution in [1.29, 1.82) is 0 Å². The number of pyridine rings is 1. The van der Waals surface area contributed by atoms with E-state index in [9.17, 15) is 4.79 Å². The van der Waals surface area contributed by atoms with Crippen LogP contribution in [0.5, 0.6) is 0 Å². The van der Waals surface area contributed by atoms with Crippen LogP contribution in [0.25, 0.3) is 5.82 Å². The highest BCUT2D eigenvalue weighted by molar-refractivity contribution is 5.94. The lowest BCUT2D eigenvalue weighted by Crippen LogP contribution is -2.37. The van der Waals surface area contributed by atoms with Crippen LogP contribution < -0.4 is 0 Å². The van der Waals surface area contributed by atoms with Gasteiger partial charge in [-0.25, -0.2) is 9.67 Å². The van der Waals surface area contributed by atoms with Gasteiger partial charge >= 0.3 is 0 Å². The van der Waals surface area contributed by atoms with Gasteiger partial charge in [-0.3, -0.25) is 4.79 Å². The summed E-state index contributed by atoms with van der Waals surface area (Å²) in [5, 5.41) is 4.15. The van der Waals surface area contributed by atoms with Crippen LogP contribution >= 0.6 is 0 Å². The maximum atomic E-state index is 12.7. The molecule has 1 aliphatic carbocycles. The molecular weight excluding hydrogens is 288 g/mol. The van der Waals surface area contributed by atoms with Crippen LogP contribution in [0.3, 0.4) is 0 Å². The highest BCUT2D eigenvalue weighted by Gasteiger charge is 2.21. The van der Waals surface area contributed by atoms with E-state index in [0.29, 0.717) is 11.6 Å². The monoisotopic (exact) mass is 312 g/mol. The Labute approximate surface area is 137 Å². The van der Waals surface area contributed by atoms with Crippen molar-refractivity contribution in [2.45, 2.75) is 51.0 Å². The van der Waals surface area contributed by atoms with Gasteiger partial charge in [0.15, 0.2) is 5.82 Å². The summed E-state index contributed by atoms with van der Waals surface area (Å²) in [6.07, 6.45) is 13.8. The summed E-state index contributed by atoms with van der Waals surface area (Å²) in [5.74, 6) is 0.787. The van der Waals surface area contributed by atoms with Crippen LogP contribution in [-0.2, 0) is 0 Å². The highest BCUT2D eigenvalue weighted by atomic mass is 16.2. The third kappa shape index (κ3) is 3.78. The zero-order valence-corrected chi connectivity index (χ0v) is 13.7. The molecule has 0 N–H and O–H groups in total. The van der Waals surface area contributed by atoms with Gasteiger partial charge in [0, 0.05) is 31.7 Å². The maximum absolute atomic E-state index is 12.7. The summed E-state index contributed by atoms with van der Waals surface area (Å²) in [6.45, 7) is 0. The SMILES string of the molecule is CN(C(=O)c1ccc(-n2cccn2)nc1)C1CCCCCCC1. The van der Waals surface area contributed by atoms with Gasteiger partial charge in [-0.05, 0) is 31.0 Å². The molecule has 122 valence electrons. The van der Waals surface area contributed by atoms with E-state index in [1.165, 1.54) is 32.1 Å². The quantitative estimate of drug-likeness (QED) is 0.872. The van der Waals surface area contributed by atoms with Gasteiger partial charge in [0.2, 0.25) is 0 Å². The molecule has 5 heteroatoms. The molecule has 0 bridgehead atoms. The molecule has 2 heterocycles. The van der Waals surface area contributed by atoms with Crippen molar-refractivity contribution in [1.82, 2.24) is 19.7 Å². The zero-order chi connectivity index (χ0) is 16.1. The van der Waals surface area contributed by atoms with Crippen molar-refractivity contribution in [3.05, 3.63) is 42.4 Å². The van der Waals surface area contributed by atoms with Gasteiger partial charge in [-0.15, -0.1) is 0 Å². The summed E-state index contributed by atoms with van der Waals surface area (Å²) in [4.78, 5) is 19.0. The molecule has 1 fully saturated rings. The molecule has 0 radical (unpaired) electrons. The average Bonchev–Trinajstić information content (AvgIpc) is 3.08. The second-order valence-corrected chi connectivity index (χ2v) is 6.27. The molecule has 0 aromatic carbocycles. The number of amides is 1. The highest BCUT2D eigenvalue weighted by Crippen LogP contribution is 2.22. The number of hydrogen-bond donors (Lipinski definition) is 0. The standard InChI is InChI=1S/C18H24N4O/c1-21(16-8-5-3-2-4-6-9-16)18(23)15-10-11-17(19-14-15)22-13-7-12-20-22/h7,10-14,16H,2-6,8-9H2,1H3. The average molecular weight is 312 g/mol. The molecular formula is C18H24N4O. The van der Waals surface area contributed by atoms with E-state index in [4.69, 9.17) is 0 Å². The maximum Gasteiger partial charge on any atom is 0.255 e. The molecule has 1 aliphatic rings. The predicted molar refractivity (Wildman–Crippen MR) is 89.6 cm³/mol. The molecule has 0 atom stereocenters. The van der Waals surface area contributed by atoms with Crippen LogP contribution in [0.4, 0.5) is 0 Å². The largest absolute Gasteiger partial charge is 0.339 e. The molecule has 2 aromatic rings. The fraction of sp³-hybridized carbons (Fsp3) is 0.500. The Morgan fingerprint density at radius 3 is 2.52 bits per heavy atom. The molecule has 5 nitrogen and oxygen atoms in total. The van der Waals surface area contributed by atoms with E-state index < -0.39 is 0 Å². The topological polar surface area (TPSA) is 51.0 Å². The van der Waals surface area contributed by atoms with Crippen molar-refractivity contribution in [3.63, 3.8) is 0 Å². The third-order valence-electron chi connectivity index (χ3n) is 4.68. The lowest BCUT2D eigenvalue weighted by Gasteiger charge is -2.29. The Bertz CT molecular complexity index is 613. The van der Waals surface area contributed by atoms with E-state index in [1.54, 1.807) is 17.1 Å². The van der Waals surface area contributed by atoms with Crippen molar-refractivity contribution in [2.24, 2.45) is 0 Å². The van der Waals surface area contributed by atoms with Crippen LogP contribution in [0.2, 0.25) is 0 Å². The van der Waals surface area contributed by atoms with Gasteiger partial charge in [0.05, 0.1) is 5.56 Å². The van der Waals surface area contributed by atoms with E-state index in [0.717, 1.165) is 18.7 Å². The number of carbonyl (C=O) groups is 1. The molecule has 0 spiro atoms. The summed E-state index contributed by atoms with van der Waals surface area (Å²) in [5.41, 5.74) is 0.644. The fourth-order valence-corrected chi connectivity index (χ4v) is 3.24. The summed E-state index contributed by atoms with van der Waals surface area (Å²) in [7, 11) is 1.93. The van der Waals surface area contributed by atoms with Crippen LogP contribution in [0.15, 0.2) is 36.8 Å². The zero-order valence-electron chi connectivity index (χ0n) is 13.7. The first-order chi connectivity index (χ1) is 11.3. The predicted octanol–water partition coefficient (Wildman–Crippen LogP) is 3.45. The Morgan fingerprint density at radius 1 is 1.17 bits per heavy atom. The Hall–Kier alpha value is -2.17. The normalized spacial score (nSPS) is 16.6. The molecule has 23 heavy (non-hydrogen) atoms. The Kier molecular flexibility index (Phi) is 5.05. The van der Waals surface area contributed by atoms with Crippen molar-refractivity contribution >= 4 is 5.91 Å². The minimum absolute atomic E-state index is 0.0649. The molecule has 3 rings (SSSR count). The minimum Gasteiger partial charge on any atom is -0.339 e. The third-order valence-corrected chi connectivity index (χ3v) is 4.68. The van der Waals surface area contributed by atoms with Crippen LogP contribution in [0, 0.1) is 0 Å². The number of hydrogen-bond acceptors (Lipinski definition) is 3. The lowest BCUT2D eigenvalue weighted by molar-refractivity contribution is 0.0706. The number of nitrogens with zero attached hydrogens (tertiary/aromatic N) is 4. The molecule has 1 saturated carbocycles. The van der Waals surface area contributed by atoms with E-state index in [2.05, 4.69) is 10.1 Å². The summed E-state index contributed by atoms with van der Waals surface area (Å²) < 4.78 is 1.69. The lowest BCUT2D eigenvalue weighted by atomic mass is 9.95. The molecule has 0 aliphatic heterocycles. The molecule has 0 unspecified atom stereocenters. The Balaban J connectivity index is 1.68. The van der Waals surface area contributed by atoms with Gasteiger partial charge in [-0.1, -0.05) is 32.1 Å². The second kappa shape index (κ2) is 7.40. The molecule has 1 amide bonds. The first kappa shape index (κ1) is 15.7. The number of carbonyl (C=O) groups excluding carboxylic acids is 1. The van der Waals surface area contributed by atoms with Crippen molar-refractivity contribution < 1.29 is 4.79 Å². The van der Waals surface area contributed by atoms with E-state index in [1.807, 2.05) is 36.3 Å². The van der Waals surface area contributed by atoms with Gasteiger partial charge in [0.1, 0.15) is 0 Å². The molecule has 2 aromatic heterocycles. The second-order valence-electron chi connectivity index (χ2n) is 6.27. The van der Waals surface area contributed by atoms with Gasteiger partial charge in [-0.2, -0.15) is 5.10 Å². The molecule has 0 saturated heterocycles.